The lowest BCUT2D eigenvalue weighted by Crippen LogP contribution is -2.38. The lowest BCUT2D eigenvalue weighted by Gasteiger charge is -2.25. The average Bonchev–Trinajstić information content (AvgIpc) is 2.68. The molecule has 0 saturated carbocycles. The number of nitrogens with one attached hydrogen (secondary N) is 1. The van der Waals surface area contributed by atoms with Crippen LogP contribution in [0.1, 0.15) is 16.7 Å². The highest BCUT2D eigenvalue weighted by Gasteiger charge is 2.28. The van der Waals surface area contributed by atoms with Gasteiger partial charge in [0, 0.05) is 4.47 Å². The Morgan fingerprint density at radius 2 is 1.55 bits per heavy atom. The Hall–Kier alpha value is -2.71. The van der Waals surface area contributed by atoms with Crippen LogP contribution in [0.3, 0.4) is 0 Å². The Kier molecular flexibility index (Phi) is 6.81. The highest BCUT2D eigenvalue weighted by molar-refractivity contribution is 9.10. The van der Waals surface area contributed by atoms with Gasteiger partial charge in [0.15, 0.2) is 0 Å². The van der Waals surface area contributed by atoms with Crippen LogP contribution in [0.2, 0.25) is 0 Å². The third kappa shape index (κ3) is 5.51. The van der Waals surface area contributed by atoms with Crippen molar-refractivity contribution >= 4 is 43.2 Å². The molecule has 0 aliphatic heterocycles. The first-order valence-electron chi connectivity index (χ1n) is 9.49. The van der Waals surface area contributed by atoms with E-state index in [-0.39, 0.29) is 10.6 Å². The Bertz CT molecular complexity index is 1210. The predicted molar refractivity (Wildman–Crippen MR) is 124 cm³/mol. The largest absolute Gasteiger partial charge is 0.322 e. The fraction of sp³-hybridized carbons (Fsp3) is 0.174. The van der Waals surface area contributed by atoms with Crippen molar-refractivity contribution in [2.45, 2.75) is 25.7 Å². The Labute approximate surface area is 190 Å². The van der Waals surface area contributed by atoms with Gasteiger partial charge in [-0.1, -0.05) is 39.7 Å². The van der Waals surface area contributed by atoms with Crippen molar-refractivity contribution in [1.29, 1.82) is 0 Å². The number of anilines is 2. The van der Waals surface area contributed by atoms with E-state index >= 15 is 0 Å². The van der Waals surface area contributed by atoms with Crippen LogP contribution < -0.4 is 9.62 Å². The van der Waals surface area contributed by atoms with E-state index in [1.807, 2.05) is 26.8 Å². The number of hydrogen-bond acceptors (Lipinski definition) is 3. The minimum absolute atomic E-state index is 0.0266. The molecule has 0 aromatic heterocycles. The van der Waals surface area contributed by atoms with Crippen molar-refractivity contribution in [1.82, 2.24) is 0 Å². The molecule has 5 nitrogen and oxygen atoms in total. The molecule has 0 spiro atoms. The number of carbonyl (C=O) groups is 1. The SMILES string of the molecule is Cc1ccc(S(=O)(=O)N(CC(=O)Nc2ccc(Br)cc2F)c2cc(C)cc(C)c2)cc1. The molecule has 0 aliphatic carbocycles. The Balaban J connectivity index is 1.99. The minimum atomic E-state index is -4.04. The van der Waals surface area contributed by atoms with Gasteiger partial charge in [-0.3, -0.25) is 9.10 Å². The van der Waals surface area contributed by atoms with E-state index in [0.29, 0.717) is 10.2 Å². The fourth-order valence-corrected chi connectivity index (χ4v) is 4.90. The second-order valence-electron chi connectivity index (χ2n) is 7.34. The lowest BCUT2D eigenvalue weighted by atomic mass is 10.1. The molecule has 0 radical (unpaired) electrons. The molecule has 0 saturated heterocycles. The molecule has 0 fully saturated rings. The second-order valence-corrected chi connectivity index (χ2v) is 10.1. The fourth-order valence-electron chi connectivity index (χ4n) is 3.16. The van der Waals surface area contributed by atoms with Crippen LogP contribution in [0.25, 0.3) is 0 Å². The van der Waals surface area contributed by atoms with Crippen molar-refractivity contribution in [2.75, 3.05) is 16.2 Å². The summed E-state index contributed by atoms with van der Waals surface area (Å²) in [5.41, 5.74) is 2.98. The van der Waals surface area contributed by atoms with Gasteiger partial charge in [0.05, 0.1) is 16.3 Å². The van der Waals surface area contributed by atoms with Gasteiger partial charge in [0.2, 0.25) is 5.91 Å². The molecule has 3 aromatic carbocycles. The quantitative estimate of drug-likeness (QED) is 0.492. The normalized spacial score (nSPS) is 11.3. The number of aryl methyl sites for hydroxylation is 3. The first-order valence-corrected chi connectivity index (χ1v) is 11.7. The molecular weight excluding hydrogens is 483 g/mol. The summed E-state index contributed by atoms with van der Waals surface area (Å²) in [4.78, 5) is 12.8. The summed E-state index contributed by atoms with van der Waals surface area (Å²) in [7, 11) is -4.04. The van der Waals surface area contributed by atoms with Crippen molar-refractivity contribution in [2.24, 2.45) is 0 Å². The third-order valence-electron chi connectivity index (χ3n) is 4.60. The molecule has 162 valence electrons. The number of rotatable bonds is 6. The monoisotopic (exact) mass is 504 g/mol. The van der Waals surface area contributed by atoms with Gasteiger partial charge < -0.3 is 5.32 Å². The predicted octanol–water partition coefficient (Wildman–Crippen LogP) is 5.35. The van der Waals surface area contributed by atoms with Crippen molar-refractivity contribution in [3.8, 4) is 0 Å². The number of carbonyl (C=O) groups excluding carboxylic acids is 1. The van der Waals surface area contributed by atoms with Gasteiger partial charge in [-0.05, 0) is 74.4 Å². The number of benzene rings is 3. The van der Waals surface area contributed by atoms with Gasteiger partial charge in [-0.2, -0.15) is 0 Å². The summed E-state index contributed by atoms with van der Waals surface area (Å²) >= 11 is 3.16. The number of nitrogens with zero attached hydrogens (tertiary/aromatic N) is 1. The molecule has 0 bridgehead atoms. The van der Waals surface area contributed by atoms with Gasteiger partial charge in [0.1, 0.15) is 12.4 Å². The number of hydrogen-bond donors (Lipinski definition) is 1. The van der Waals surface area contributed by atoms with E-state index in [4.69, 9.17) is 0 Å². The zero-order valence-corrected chi connectivity index (χ0v) is 19.7. The maximum atomic E-state index is 14.1. The summed E-state index contributed by atoms with van der Waals surface area (Å²) in [5, 5.41) is 2.46. The molecule has 1 amide bonds. The van der Waals surface area contributed by atoms with Crippen molar-refractivity contribution in [3.05, 3.63) is 87.6 Å². The van der Waals surface area contributed by atoms with Crippen LogP contribution in [-0.2, 0) is 14.8 Å². The molecule has 0 unspecified atom stereocenters. The van der Waals surface area contributed by atoms with Crippen LogP contribution in [0.4, 0.5) is 15.8 Å². The van der Waals surface area contributed by atoms with Crippen LogP contribution in [0.15, 0.2) is 70.0 Å². The van der Waals surface area contributed by atoms with Gasteiger partial charge in [-0.25, -0.2) is 12.8 Å². The molecule has 3 rings (SSSR count). The molecule has 0 atom stereocenters. The molecule has 8 heteroatoms. The van der Waals surface area contributed by atoms with Crippen LogP contribution >= 0.6 is 15.9 Å². The molecule has 0 aliphatic rings. The third-order valence-corrected chi connectivity index (χ3v) is 6.88. The summed E-state index contributed by atoms with van der Waals surface area (Å²) < 4.78 is 42.6. The van der Waals surface area contributed by atoms with Gasteiger partial charge in [0.25, 0.3) is 10.0 Å². The molecular formula is C23H22BrFN2O3S. The lowest BCUT2D eigenvalue weighted by molar-refractivity contribution is -0.114. The second kappa shape index (κ2) is 9.20. The smallest absolute Gasteiger partial charge is 0.264 e. The van der Waals surface area contributed by atoms with E-state index in [1.165, 1.54) is 24.3 Å². The van der Waals surface area contributed by atoms with Crippen LogP contribution in [0, 0.1) is 26.6 Å². The average molecular weight is 505 g/mol. The van der Waals surface area contributed by atoms with E-state index in [9.17, 15) is 17.6 Å². The van der Waals surface area contributed by atoms with Gasteiger partial charge >= 0.3 is 0 Å². The topological polar surface area (TPSA) is 66.5 Å². The number of amides is 1. The van der Waals surface area contributed by atoms with Crippen LogP contribution in [-0.4, -0.2) is 20.9 Å². The van der Waals surface area contributed by atoms with Crippen molar-refractivity contribution < 1.29 is 17.6 Å². The van der Waals surface area contributed by atoms with E-state index < -0.39 is 28.3 Å². The zero-order chi connectivity index (χ0) is 22.8. The van der Waals surface area contributed by atoms with E-state index in [0.717, 1.165) is 21.0 Å². The summed E-state index contributed by atoms with van der Waals surface area (Å²) in [5.74, 6) is -1.28. The summed E-state index contributed by atoms with van der Waals surface area (Å²) in [6.07, 6.45) is 0. The zero-order valence-electron chi connectivity index (χ0n) is 17.3. The highest BCUT2D eigenvalue weighted by atomic mass is 79.9. The van der Waals surface area contributed by atoms with Crippen LogP contribution in [0.5, 0.6) is 0 Å². The summed E-state index contributed by atoms with van der Waals surface area (Å²) in [6, 6.07) is 15.9. The molecule has 0 heterocycles. The van der Waals surface area contributed by atoms with E-state index in [1.54, 1.807) is 30.3 Å². The van der Waals surface area contributed by atoms with Gasteiger partial charge in [-0.15, -0.1) is 0 Å². The van der Waals surface area contributed by atoms with Crippen molar-refractivity contribution in [3.63, 3.8) is 0 Å². The molecule has 31 heavy (non-hydrogen) atoms. The summed E-state index contributed by atoms with van der Waals surface area (Å²) in [6.45, 7) is 5.06. The minimum Gasteiger partial charge on any atom is -0.322 e. The maximum absolute atomic E-state index is 14.1. The Morgan fingerprint density at radius 3 is 2.13 bits per heavy atom. The first kappa shape index (κ1) is 23.0. The maximum Gasteiger partial charge on any atom is 0.264 e. The molecule has 1 N–H and O–H groups in total. The number of sulfonamides is 1. The standard InChI is InChI=1S/C23H22BrFN2O3S/c1-15-4-7-20(8-5-15)31(29,30)27(19-11-16(2)10-17(3)12-19)14-23(28)26-22-9-6-18(24)13-21(22)25/h4-13H,14H2,1-3H3,(H,26,28). The highest BCUT2D eigenvalue weighted by Crippen LogP contribution is 2.27. The first-order chi connectivity index (χ1) is 14.6. The molecule has 3 aromatic rings. The van der Waals surface area contributed by atoms with E-state index in [2.05, 4.69) is 21.2 Å². The Morgan fingerprint density at radius 1 is 0.935 bits per heavy atom. The number of halogens is 2.